The molecule has 86 valence electrons. The van der Waals surface area contributed by atoms with Gasteiger partial charge in [-0.25, -0.2) is 4.99 Å². The number of rotatable bonds is 5. The lowest BCUT2D eigenvalue weighted by molar-refractivity contribution is 0.658. The molecule has 0 spiro atoms. The first-order valence-corrected chi connectivity index (χ1v) is 6.45. The zero-order valence-corrected chi connectivity index (χ0v) is 11.0. The normalized spacial score (nSPS) is 10.7. The largest absolute Gasteiger partial charge is 0.402 e. The smallest absolute Gasteiger partial charge is 0.194 e. The van der Waals surface area contributed by atoms with Crippen molar-refractivity contribution in [2.24, 2.45) is 4.99 Å². The van der Waals surface area contributed by atoms with E-state index in [2.05, 4.69) is 42.8 Å². The molecule has 0 aliphatic heterocycles. The van der Waals surface area contributed by atoms with Crippen molar-refractivity contribution in [3.63, 3.8) is 0 Å². The molecule has 0 fully saturated rings. The molecule has 0 aliphatic carbocycles. The zero-order chi connectivity index (χ0) is 12.5. The van der Waals surface area contributed by atoms with Gasteiger partial charge in [0.25, 0.3) is 0 Å². The van der Waals surface area contributed by atoms with Crippen LogP contribution in [0.4, 0.5) is 0 Å². The molecule has 1 rings (SSSR count). The van der Waals surface area contributed by atoms with Crippen LogP contribution in [0.3, 0.4) is 0 Å². The van der Waals surface area contributed by atoms with Crippen LogP contribution in [0.2, 0.25) is 0 Å². The van der Waals surface area contributed by atoms with Crippen molar-refractivity contribution in [2.75, 3.05) is 0 Å². The number of aliphatic imine (C=N–C) groups is 1. The van der Waals surface area contributed by atoms with Gasteiger partial charge in [0, 0.05) is 12.7 Å². The fourth-order valence-electron chi connectivity index (χ4n) is 1.46. The second-order valence-corrected chi connectivity index (χ2v) is 4.31. The van der Waals surface area contributed by atoms with E-state index < -0.39 is 0 Å². The topological polar surface area (TPSA) is 15.6 Å². The number of benzene rings is 1. The second kappa shape index (κ2) is 7.85. The van der Waals surface area contributed by atoms with Crippen LogP contribution >= 0.6 is 11.8 Å². The predicted octanol–water partition coefficient (Wildman–Crippen LogP) is 1.76. The molecule has 0 bridgehead atoms. The van der Waals surface area contributed by atoms with E-state index in [9.17, 15) is 0 Å². The summed E-state index contributed by atoms with van der Waals surface area (Å²) < 4.78 is 0. The van der Waals surface area contributed by atoms with Gasteiger partial charge in [0.05, 0.1) is 7.74 Å². The van der Waals surface area contributed by atoms with Gasteiger partial charge < -0.3 is 4.81 Å². The van der Waals surface area contributed by atoms with Crippen LogP contribution in [-0.4, -0.2) is 25.0 Å². The Hall–Kier alpha value is -1.35. The molecule has 2 nitrogen and oxygen atoms in total. The van der Waals surface area contributed by atoms with Crippen LogP contribution in [0.15, 0.2) is 60.1 Å². The Balaban J connectivity index is 2.79. The third kappa shape index (κ3) is 4.57. The van der Waals surface area contributed by atoms with Gasteiger partial charge in [-0.2, -0.15) is 0 Å². The number of nitrogens with zero attached hydrogens (tertiary/aromatic N) is 2. The van der Waals surface area contributed by atoms with Crippen LogP contribution in [0.5, 0.6) is 0 Å². The van der Waals surface area contributed by atoms with Crippen LogP contribution < -0.4 is 0 Å². The summed E-state index contributed by atoms with van der Waals surface area (Å²) in [6.45, 7) is 8.22. The van der Waals surface area contributed by atoms with Crippen LogP contribution in [0.1, 0.15) is 5.56 Å². The maximum absolute atomic E-state index is 4.28. The van der Waals surface area contributed by atoms with E-state index in [1.165, 1.54) is 17.3 Å². The molecule has 0 radical (unpaired) electrons. The van der Waals surface area contributed by atoms with E-state index >= 15 is 0 Å². The Morgan fingerprint density at radius 3 is 2.65 bits per heavy atom. The van der Waals surface area contributed by atoms with E-state index in [0.717, 1.165) is 19.0 Å². The SMILES string of the molecule is BBN(Cc1ccccc1)/C(=N/C=C)SC=C. The van der Waals surface area contributed by atoms with E-state index in [1.54, 1.807) is 11.6 Å². The van der Waals surface area contributed by atoms with Crippen molar-refractivity contribution in [1.29, 1.82) is 0 Å². The van der Waals surface area contributed by atoms with Crippen molar-refractivity contribution in [3.05, 3.63) is 60.7 Å². The minimum absolute atomic E-state index is 0.852. The molecule has 0 aliphatic rings. The first kappa shape index (κ1) is 13.7. The standard InChI is InChI=1S/C12H16B2N2S/c1-3-15-12(17-4-2)16(14-13)10-11-8-6-5-7-9-11/h3-9,14H,1-2,10,13H2/b15-12-. The number of hydrogen-bond acceptors (Lipinski definition) is 2. The van der Waals surface area contributed by atoms with E-state index in [4.69, 9.17) is 0 Å². The Morgan fingerprint density at radius 1 is 1.41 bits per heavy atom. The summed E-state index contributed by atoms with van der Waals surface area (Å²) in [5, 5.41) is 2.72. The Kier molecular flexibility index (Phi) is 6.33. The fourth-order valence-corrected chi connectivity index (χ4v) is 2.08. The van der Waals surface area contributed by atoms with Crippen LogP contribution in [0.25, 0.3) is 0 Å². The molecule has 0 saturated heterocycles. The lowest BCUT2D eigenvalue weighted by atomic mass is 9.65. The summed E-state index contributed by atoms with van der Waals surface area (Å²) in [5.41, 5.74) is 1.27. The maximum atomic E-state index is 4.28. The van der Waals surface area contributed by atoms with Gasteiger partial charge >= 0.3 is 0 Å². The lowest BCUT2D eigenvalue weighted by Crippen LogP contribution is -2.32. The summed E-state index contributed by atoms with van der Waals surface area (Å²) in [5.74, 6) is 0. The van der Waals surface area contributed by atoms with Crippen molar-refractivity contribution in [2.45, 2.75) is 6.54 Å². The maximum Gasteiger partial charge on any atom is 0.194 e. The van der Waals surface area contributed by atoms with Crippen LogP contribution in [0, 0.1) is 0 Å². The molecule has 0 heterocycles. The number of hydrogen-bond donors (Lipinski definition) is 0. The first-order chi connectivity index (χ1) is 8.31. The van der Waals surface area contributed by atoms with Crippen molar-refractivity contribution < 1.29 is 0 Å². The Bertz CT molecular complexity index is 393. The number of amidine groups is 1. The summed E-state index contributed by atoms with van der Waals surface area (Å²) in [6.07, 6.45) is 1.57. The van der Waals surface area contributed by atoms with E-state index in [-0.39, 0.29) is 0 Å². The van der Waals surface area contributed by atoms with E-state index in [0.29, 0.717) is 0 Å². The highest BCUT2D eigenvalue weighted by atomic mass is 32.2. The summed E-state index contributed by atoms with van der Waals surface area (Å²) >= 11 is 1.52. The van der Waals surface area contributed by atoms with Crippen molar-refractivity contribution >= 4 is 32.0 Å². The molecule has 1 aromatic carbocycles. The third-order valence-electron chi connectivity index (χ3n) is 2.26. The average molecular weight is 242 g/mol. The molecule has 0 N–H and O–H groups in total. The Morgan fingerprint density at radius 2 is 2.12 bits per heavy atom. The molecule has 0 saturated carbocycles. The molecule has 0 aromatic heterocycles. The molecular weight excluding hydrogens is 226 g/mol. The Labute approximate surface area is 109 Å². The highest BCUT2D eigenvalue weighted by molar-refractivity contribution is 8.16. The number of thioether (sulfide) groups is 1. The summed E-state index contributed by atoms with van der Waals surface area (Å²) in [6, 6.07) is 10.4. The molecule has 0 amide bonds. The third-order valence-corrected chi connectivity index (χ3v) is 3.00. The minimum Gasteiger partial charge on any atom is -0.402 e. The fraction of sp³-hybridized carbons (Fsp3) is 0.0833. The average Bonchev–Trinajstić information content (AvgIpc) is 2.37. The highest BCUT2D eigenvalue weighted by Crippen LogP contribution is 2.12. The molecule has 17 heavy (non-hydrogen) atoms. The van der Waals surface area contributed by atoms with Crippen LogP contribution in [-0.2, 0) is 6.54 Å². The molecule has 1 aromatic rings. The minimum atomic E-state index is 0.852. The van der Waals surface area contributed by atoms with Gasteiger partial charge in [-0.05, 0) is 11.0 Å². The van der Waals surface area contributed by atoms with Gasteiger partial charge in [-0.3, -0.25) is 0 Å². The first-order valence-electron chi connectivity index (χ1n) is 5.57. The van der Waals surface area contributed by atoms with E-state index in [1.807, 2.05) is 18.2 Å². The zero-order valence-electron chi connectivity index (χ0n) is 10.2. The molecule has 0 atom stereocenters. The predicted molar refractivity (Wildman–Crippen MR) is 83.1 cm³/mol. The quantitative estimate of drug-likeness (QED) is 0.444. The van der Waals surface area contributed by atoms with Crippen molar-refractivity contribution in [1.82, 2.24) is 4.81 Å². The van der Waals surface area contributed by atoms with Gasteiger partial charge in [-0.15, -0.1) is 0 Å². The van der Waals surface area contributed by atoms with Gasteiger partial charge in [0.2, 0.25) is 0 Å². The van der Waals surface area contributed by atoms with Gasteiger partial charge in [0.1, 0.15) is 0 Å². The van der Waals surface area contributed by atoms with Crippen molar-refractivity contribution in [3.8, 4) is 0 Å². The lowest BCUT2D eigenvalue weighted by Gasteiger charge is -2.23. The summed E-state index contributed by atoms with van der Waals surface area (Å²) in [7, 11) is 3.02. The molecule has 0 unspecified atom stereocenters. The van der Waals surface area contributed by atoms with Gasteiger partial charge in [0.15, 0.2) is 12.5 Å². The second-order valence-electron chi connectivity index (χ2n) is 3.38. The molecular formula is C12H16B2N2S. The summed E-state index contributed by atoms with van der Waals surface area (Å²) in [4.78, 5) is 6.48. The molecule has 5 heteroatoms. The highest BCUT2D eigenvalue weighted by Gasteiger charge is 2.09. The monoisotopic (exact) mass is 242 g/mol. The van der Waals surface area contributed by atoms with Gasteiger partial charge in [-0.1, -0.05) is 55.3 Å².